The zero-order valence-corrected chi connectivity index (χ0v) is 15.8. The number of amides is 2. The molecule has 3 rings (SSSR count). The molecule has 2 heterocycles. The molecule has 1 aromatic carbocycles. The van der Waals surface area contributed by atoms with Gasteiger partial charge in [-0.2, -0.15) is 4.31 Å². The first-order chi connectivity index (χ1) is 11.4. The Bertz CT molecular complexity index is 789. The van der Waals surface area contributed by atoms with Crippen LogP contribution >= 0.6 is 12.4 Å². The van der Waals surface area contributed by atoms with Crippen molar-refractivity contribution in [1.82, 2.24) is 14.5 Å². The summed E-state index contributed by atoms with van der Waals surface area (Å²) in [4.78, 5) is 25.1. The van der Waals surface area contributed by atoms with Crippen LogP contribution < -0.4 is 5.32 Å². The Morgan fingerprint density at radius 3 is 2.32 bits per heavy atom. The third-order valence-electron chi connectivity index (χ3n) is 4.77. The molecule has 7 nitrogen and oxygen atoms in total. The van der Waals surface area contributed by atoms with Crippen LogP contribution in [0, 0.1) is 5.92 Å². The van der Waals surface area contributed by atoms with E-state index in [-0.39, 0.29) is 28.4 Å². The fourth-order valence-electron chi connectivity index (χ4n) is 3.29. The van der Waals surface area contributed by atoms with Crippen molar-refractivity contribution in [3.05, 3.63) is 29.3 Å². The largest absolute Gasteiger partial charge is 0.319 e. The van der Waals surface area contributed by atoms with Gasteiger partial charge < -0.3 is 5.32 Å². The molecule has 1 N–H and O–H groups in total. The Labute approximate surface area is 153 Å². The zero-order valence-electron chi connectivity index (χ0n) is 14.2. The van der Waals surface area contributed by atoms with Crippen LogP contribution in [0.2, 0.25) is 0 Å². The van der Waals surface area contributed by atoms with Gasteiger partial charge in [0.1, 0.15) is 0 Å². The van der Waals surface area contributed by atoms with Crippen LogP contribution in [-0.4, -0.2) is 63.2 Å². The molecule has 2 aliphatic heterocycles. The molecule has 0 unspecified atom stereocenters. The molecule has 138 valence electrons. The number of sulfonamides is 1. The number of imide groups is 1. The van der Waals surface area contributed by atoms with Crippen molar-refractivity contribution in [2.45, 2.75) is 17.7 Å². The summed E-state index contributed by atoms with van der Waals surface area (Å²) in [5.74, 6) is -0.374. The van der Waals surface area contributed by atoms with Crippen LogP contribution in [0.15, 0.2) is 23.1 Å². The topological polar surface area (TPSA) is 86.8 Å². The molecule has 25 heavy (non-hydrogen) atoms. The molecule has 0 radical (unpaired) electrons. The fourth-order valence-corrected chi connectivity index (χ4v) is 4.79. The fraction of sp³-hybridized carbons (Fsp3) is 0.500. The van der Waals surface area contributed by atoms with E-state index in [2.05, 4.69) is 5.32 Å². The van der Waals surface area contributed by atoms with Crippen molar-refractivity contribution in [3.63, 3.8) is 0 Å². The van der Waals surface area contributed by atoms with Crippen LogP contribution in [-0.2, 0) is 10.0 Å². The van der Waals surface area contributed by atoms with E-state index in [4.69, 9.17) is 0 Å². The number of carbonyl (C=O) groups excluding carboxylic acids is 2. The highest BCUT2D eigenvalue weighted by atomic mass is 35.5. The van der Waals surface area contributed by atoms with E-state index in [9.17, 15) is 18.0 Å². The molecule has 0 bridgehead atoms. The molecule has 0 aromatic heterocycles. The van der Waals surface area contributed by atoms with Crippen LogP contribution in [0.1, 0.15) is 33.6 Å². The Morgan fingerprint density at radius 2 is 1.72 bits per heavy atom. The molecular formula is C16H22ClN3O4S. The Kier molecular flexibility index (Phi) is 5.88. The van der Waals surface area contributed by atoms with Crippen LogP contribution in [0.5, 0.6) is 0 Å². The molecular weight excluding hydrogens is 366 g/mol. The lowest BCUT2D eigenvalue weighted by Gasteiger charge is -2.31. The highest BCUT2D eigenvalue weighted by molar-refractivity contribution is 7.89. The smallest absolute Gasteiger partial charge is 0.261 e. The van der Waals surface area contributed by atoms with Gasteiger partial charge in [0, 0.05) is 20.1 Å². The second-order valence-corrected chi connectivity index (χ2v) is 8.22. The lowest BCUT2D eigenvalue weighted by molar-refractivity contribution is 0.0693. The van der Waals surface area contributed by atoms with E-state index >= 15 is 0 Å². The normalized spacial score (nSPS) is 19.0. The average molecular weight is 388 g/mol. The van der Waals surface area contributed by atoms with Gasteiger partial charge in [0.15, 0.2) is 0 Å². The van der Waals surface area contributed by atoms with E-state index < -0.39 is 21.8 Å². The maximum atomic E-state index is 12.8. The Hall–Kier alpha value is -1.48. The minimum atomic E-state index is -3.65. The summed E-state index contributed by atoms with van der Waals surface area (Å²) in [6.45, 7) is 1.83. The molecule has 9 heteroatoms. The minimum Gasteiger partial charge on any atom is -0.319 e. The van der Waals surface area contributed by atoms with E-state index in [0.29, 0.717) is 19.0 Å². The van der Waals surface area contributed by atoms with Crippen molar-refractivity contribution in [1.29, 1.82) is 0 Å². The van der Waals surface area contributed by atoms with Crippen molar-refractivity contribution in [2.75, 3.05) is 33.7 Å². The number of fused-ring (bicyclic) bond motifs is 1. The number of carbonyl (C=O) groups is 2. The quantitative estimate of drug-likeness (QED) is 0.777. The summed E-state index contributed by atoms with van der Waals surface area (Å²) in [5.41, 5.74) is 0.419. The number of benzene rings is 1. The maximum Gasteiger partial charge on any atom is 0.261 e. The zero-order chi connectivity index (χ0) is 17.5. The SMILES string of the molecule is CNCC1CCN(S(=O)(=O)c2ccc3c(c2)C(=O)N(C)C3=O)CC1.Cl. The predicted octanol–water partition coefficient (Wildman–Crippen LogP) is 0.954. The molecule has 2 aliphatic rings. The summed E-state index contributed by atoms with van der Waals surface area (Å²) in [6.07, 6.45) is 1.62. The second-order valence-electron chi connectivity index (χ2n) is 6.28. The number of hydrogen-bond donors (Lipinski definition) is 1. The van der Waals surface area contributed by atoms with Gasteiger partial charge in [0.25, 0.3) is 11.8 Å². The molecule has 1 saturated heterocycles. The predicted molar refractivity (Wildman–Crippen MR) is 95.5 cm³/mol. The van der Waals surface area contributed by atoms with Crippen molar-refractivity contribution < 1.29 is 18.0 Å². The highest BCUT2D eigenvalue weighted by Gasteiger charge is 2.35. The van der Waals surface area contributed by atoms with Crippen LogP contribution in [0.4, 0.5) is 0 Å². The monoisotopic (exact) mass is 387 g/mol. The first kappa shape index (κ1) is 19.8. The van der Waals surface area contributed by atoms with Crippen molar-refractivity contribution >= 4 is 34.2 Å². The van der Waals surface area contributed by atoms with E-state index in [1.807, 2.05) is 7.05 Å². The van der Waals surface area contributed by atoms with Gasteiger partial charge >= 0.3 is 0 Å². The first-order valence-electron chi connectivity index (χ1n) is 7.97. The van der Waals surface area contributed by atoms with Gasteiger partial charge in [-0.3, -0.25) is 14.5 Å². The molecule has 1 fully saturated rings. The molecule has 0 aliphatic carbocycles. The van der Waals surface area contributed by atoms with Gasteiger partial charge in [0.2, 0.25) is 10.0 Å². The number of nitrogens with one attached hydrogen (secondary N) is 1. The number of nitrogens with zero attached hydrogens (tertiary/aromatic N) is 2. The molecule has 1 aromatic rings. The molecule has 0 saturated carbocycles. The number of halogens is 1. The van der Waals surface area contributed by atoms with Crippen molar-refractivity contribution in [2.24, 2.45) is 5.92 Å². The number of rotatable bonds is 4. The summed E-state index contributed by atoms with van der Waals surface area (Å²) >= 11 is 0. The van der Waals surface area contributed by atoms with Crippen LogP contribution in [0.25, 0.3) is 0 Å². The van der Waals surface area contributed by atoms with Gasteiger partial charge in [-0.05, 0) is 50.6 Å². The molecule has 0 atom stereocenters. The Balaban J connectivity index is 0.00000225. The third kappa shape index (κ3) is 3.44. The Morgan fingerprint density at radius 1 is 1.12 bits per heavy atom. The summed E-state index contributed by atoms with van der Waals surface area (Å²) in [6, 6.07) is 4.17. The first-order valence-corrected chi connectivity index (χ1v) is 9.41. The minimum absolute atomic E-state index is 0. The van der Waals surface area contributed by atoms with Crippen LogP contribution in [0.3, 0.4) is 0 Å². The van der Waals surface area contributed by atoms with Gasteiger partial charge in [0.05, 0.1) is 16.0 Å². The van der Waals surface area contributed by atoms with E-state index in [0.717, 1.165) is 24.3 Å². The maximum absolute atomic E-state index is 12.8. The van der Waals surface area contributed by atoms with Gasteiger partial charge in [-0.1, -0.05) is 0 Å². The lowest BCUT2D eigenvalue weighted by atomic mass is 9.98. The second kappa shape index (κ2) is 7.41. The average Bonchev–Trinajstić information content (AvgIpc) is 2.80. The van der Waals surface area contributed by atoms with E-state index in [1.165, 1.54) is 29.6 Å². The van der Waals surface area contributed by atoms with E-state index in [1.54, 1.807) is 0 Å². The highest BCUT2D eigenvalue weighted by Crippen LogP contribution is 2.28. The van der Waals surface area contributed by atoms with Gasteiger partial charge in [-0.15, -0.1) is 12.4 Å². The summed E-state index contributed by atoms with van der Waals surface area (Å²) in [5, 5.41) is 3.12. The summed E-state index contributed by atoms with van der Waals surface area (Å²) < 4.78 is 27.1. The lowest BCUT2D eigenvalue weighted by Crippen LogP contribution is -2.40. The number of piperidine rings is 1. The standard InChI is InChI=1S/C16H21N3O4S.ClH/c1-17-10-11-5-7-19(8-6-11)24(22,23)12-3-4-13-14(9-12)16(21)18(2)15(13)20;/h3-4,9,11,17H,5-8,10H2,1-2H3;1H. The molecule has 2 amide bonds. The summed E-state index contributed by atoms with van der Waals surface area (Å²) in [7, 11) is -0.363. The van der Waals surface area contributed by atoms with Gasteiger partial charge in [-0.25, -0.2) is 8.42 Å². The number of hydrogen-bond acceptors (Lipinski definition) is 5. The third-order valence-corrected chi connectivity index (χ3v) is 6.66. The molecule has 0 spiro atoms. The van der Waals surface area contributed by atoms with Crippen molar-refractivity contribution in [3.8, 4) is 0 Å².